The van der Waals surface area contributed by atoms with Crippen molar-refractivity contribution in [3.8, 4) is 0 Å². The van der Waals surface area contributed by atoms with Crippen LogP contribution in [-0.2, 0) is 19.4 Å². The minimum Gasteiger partial charge on any atom is -0.298 e. The third-order valence-corrected chi connectivity index (χ3v) is 3.67. The zero-order chi connectivity index (χ0) is 14.7. The van der Waals surface area contributed by atoms with Gasteiger partial charge in [0, 0.05) is 10.2 Å². The average Bonchev–Trinajstić information content (AvgIpc) is 2.74. The molecule has 1 heterocycles. The van der Waals surface area contributed by atoms with E-state index < -0.39 is 0 Å². The smallest absolute Gasteiger partial charge is 0.153 e. The summed E-state index contributed by atoms with van der Waals surface area (Å²) < 4.78 is 15.9. The Bertz CT molecular complexity index is 617. The third-order valence-electron chi connectivity index (χ3n) is 3.22. The molecule has 0 unspecified atom stereocenters. The number of carbonyl (C=O) groups excluding carboxylic acids is 1. The number of hydrogen-bond donors (Lipinski definition) is 0. The van der Waals surface area contributed by atoms with Crippen LogP contribution >= 0.6 is 15.9 Å². The Kier molecular flexibility index (Phi) is 4.70. The third kappa shape index (κ3) is 2.98. The van der Waals surface area contributed by atoms with E-state index in [4.69, 9.17) is 0 Å². The molecule has 0 atom stereocenters. The van der Waals surface area contributed by atoms with Crippen molar-refractivity contribution in [2.75, 3.05) is 0 Å². The largest absolute Gasteiger partial charge is 0.298 e. The summed E-state index contributed by atoms with van der Waals surface area (Å²) in [6, 6.07) is 4.76. The summed E-state index contributed by atoms with van der Waals surface area (Å²) in [6.45, 7) is 4.42. The summed E-state index contributed by atoms with van der Waals surface area (Å²) in [5.41, 5.74) is 3.18. The molecule has 3 nitrogen and oxygen atoms in total. The molecule has 0 fully saturated rings. The predicted octanol–water partition coefficient (Wildman–Crippen LogP) is 3.77. The molecule has 0 aliphatic carbocycles. The average molecular weight is 339 g/mol. The van der Waals surface area contributed by atoms with Crippen LogP contribution in [0.4, 0.5) is 4.39 Å². The van der Waals surface area contributed by atoms with Crippen molar-refractivity contribution < 1.29 is 9.18 Å². The van der Waals surface area contributed by atoms with E-state index in [0.29, 0.717) is 23.0 Å². The maximum Gasteiger partial charge on any atom is 0.153 e. The van der Waals surface area contributed by atoms with E-state index in [-0.39, 0.29) is 5.82 Å². The van der Waals surface area contributed by atoms with Crippen LogP contribution in [-0.4, -0.2) is 16.1 Å². The van der Waals surface area contributed by atoms with Crippen LogP contribution in [0.15, 0.2) is 22.7 Å². The zero-order valence-electron chi connectivity index (χ0n) is 11.5. The van der Waals surface area contributed by atoms with Crippen LogP contribution in [0.3, 0.4) is 0 Å². The second-order valence-corrected chi connectivity index (χ2v) is 5.48. The van der Waals surface area contributed by atoms with E-state index >= 15 is 0 Å². The van der Waals surface area contributed by atoms with Gasteiger partial charge in [0.05, 0.1) is 17.8 Å². The van der Waals surface area contributed by atoms with Gasteiger partial charge >= 0.3 is 0 Å². The van der Waals surface area contributed by atoms with Gasteiger partial charge < -0.3 is 0 Å². The van der Waals surface area contributed by atoms with E-state index in [0.717, 1.165) is 29.7 Å². The maximum atomic E-state index is 13.4. The maximum absolute atomic E-state index is 13.4. The molecule has 0 aliphatic rings. The number of rotatable bonds is 5. The second-order valence-electron chi connectivity index (χ2n) is 4.57. The van der Waals surface area contributed by atoms with Gasteiger partial charge in [0.2, 0.25) is 0 Å². The molecule has 0 bridgehead atoms. The standard InChI is InChI=1S/C15H16BrFN2O/c1-3-14-13(9-20)15(4-2)19(18-14)8-10-5-11(16)7-12(17)6-10/h5-7,9H,3-4,8H2,1-2H3. The van der Waals surface area contributed by atoms with Gasteiger partial charge in [-0.2, -0.15) is 5.10 Å². The lowest BCUT2D eigenvalue weighted by Gasteiger charge is -2.07. The highest BCUT2D eigenvalue weighted by molar-refractivity contribution is 9.10. The highest BCUT2D eigenvalue weighted by atomic mass is 79.9. The van der Waals surface area contributed by atoms with Gasteiger partial charge in [0.25, 0.3) is 0 Å². The molecule has 5 heteroatoms. The molecular weight excluding hydrogens is 323 g/mol. The van der Waals surface area contributed by atoms with Gasteiger partial charge in [0.15, 0.2) is 6.29 Å². The van der Waals surface area contributed by atoms with E-state index in [1.54, 1.807) is 4.68 Å². The Morgan fingerprint density at radius 2 is 2.05 bits per heavy atom. The molecule has 0 saturated carbocycles. The number of nitrogens with zero attached hydrogens (tertiary/aromatic N) is 2. The normalized spacial score (nSPS) is 10.8. The molecule has 1 aromatic heterocycles. The molecule has 0 radical (unpaired) electrons. The highest BCUT2D eigenvalue weighted by Gasteiger charge is 2.15. The van der Waals surface area contributed by atoms with E-state index in [2.05, 4.69) is 21.0 Å². The summed E-state index contributed by atoms with van der Waals surface area (Å²) in [5.74, 6) is -0.286. The van der Waals surface area contributed by atoms with Crippen molar-refractivity contribution in [3.05, 3.63) is 51.0 Å². The first-order valence-corrected chi connectivity index (χ1v) is 7.37. The summed E-state index contributed by atoms with van der Waals surface area (Å²) in [7, 11) is 0. The van der Waals surface area contributed by atoms with Gasteiger partial charge in [0.1, 0.15) is 5.82 Å². The van der Waals surface area contributed by atoms with Gasteiger partial charge in [-0.3, -0.25) is 9.48 Å². The number of benzene rings is 1. The molecule has 106 valence electrons. The molecule has 0 aliphatic heterocycles. The molecular formula is C15H16BrFN2O. The SMILES string of the molecule is CCc1nn(Cc2cc(F)cc(Br)c2)c(CC)c1C=O. The lowest BCUT2D eigenvalue weighted by molar-refractivity contribution is 0.112. The monoisotopic (exact) mass is 338 g/mol. The van der Waals surface area contributed by atoms with Crippen LogP contribution in [0, 0.1) is 5.82 Å². The van der Waals surface area contributed by atoms with Gasteiger partial charge in [-0.1, -0.05) is 29.8 Å². The summed E-state index contributed by atoms with van der Waals surface area (Å²) in [6.07, 6.45) is 2.29. The minimum atomic E-state index is -0.286. The zero-order valence-corrected chi connectivity index (χ0v) is 13.1. The summed E-state index contributed by atoms with van der Waals surface area (Å²) in [5, 5.41) is 4.47. The van der Waals surface area contributed by atoms with Crippen LogP contribution in [0.5, 0.6) is 0 Å². The molecule has 0 spiro atoms. The molecule has 0 N–H and O–H groups in total. The molecule has 2 rings (SSSR count). The Morgan fingerprint density at radius 3 is 2.60 bits per heavy atom. The van der Waals surface area contributed by atoms with Crippen molar-refractivity contribution in [1.82, 2.24) is 9.78 Å². The fourth-order valence-electron chi connectivity index (χ4n) is 2.34. The first-order valence-electron chi connectivity index (χ1n) is 6.57. The number of aldehydes is 1. The number of aryl methyl sites for hydroxylation is 1. The van der Waals surface area contributed by atoms with Crippen molar-refractivity contribution in [1.29, 1.82) is 0 Å². The van der Waals surface area contributed by atoms with Crippen molar-refractivity contribution in [3.63, 3.8) is 0 Å². The Morgan fingerprint density at radius 1 is 1.30 bits per heavy atom. The fourth-order valence-corrected chi connectivity index (χ4v) is 2.85. The molecule has 1 aromatic carbocycles. The van der Waals surface area contributed by atoms with Crippen LogP contribution in [0.2, 0.25) is 0 Å². The van der Waals surface area contributed by atoms with Gasteiger partial charge in [-0.05, 0) is 36.6 Å². The quantitative estimate of drug-likeness (QED) is 0.778. The van der Waals surface area contributed by atoms with Crippen molar-refractivity contribution in [2.45, 2.75) is 33.2 Å². The molecule has 0 amide bonds. The molecule has 2 aromatic rings. The highest BCUT2D eigenvalue weighted by Crippen LogP contribution is 2.19. The van der Waals surface area contributed by atoms with Crippen LogP contribution in [0.1, 0.15) is 41.2 Å². The number of carbonyl (C=O) groups is 1. The number of aromatic nitrogens is 2. The van der Waals surface area contributed by atoms with Gasteiger partial charge in [-0.25, -0.2) is 4.39 Å². The Labute approximate surface area is 125 Å². The number of hydrogen-bond acceptors (Lipinski definition) is 2. The minimum absolute atomic E-state index is 0.286. The van der Waals surface area contributed by atoms with E-state index in [1.165, 1.54) is 12.1 Å². The first kappa shape index (κ1) is 14.9. The van der Waals surface area contributed by atoms with Gasteiger partial charge in [-0.15, -0.1) is 0 Å². The van der Waals surface area contributed by atoms with Crippen LogP contribution in [0.25, 0.3) is 0 Å². The van der Waals surface area contributed by atoms with E-state index in [1.807, 2.05) is 19.9 Å². The summed E-state index contributed by atoms with van der Waals surface area (Å²) in [4.78, 5) is 11.2. The van der Waals surface area contributed by atoms with Crippen molar-refractivity contribution in [2.24, 2.45) is 0 Å². The summed E-state index contributed by atoms with van der Waals surface area (Å²) >= 11 is 3.28. The predicted molar refractivity (Wildman–Crippen MR) is 79.6 cm³/mol. The fraction of sp³-hybridized carbons (Fsp3) is 0.333. The number of halogens is 2. The second kappa shape index (κ2) is 6.31. The lowest BCUT2D eigenvalue weighted by Crippen LogP contribution is -2.07. The molecule has 20 heavy (non-hydrogen) atoms. The van der Waals surface area contributed by atoms with E-state index in [9.17, 15) is 9.18 Å². The topological polar surface area (TPSA) is 34.9 Å². The first-order chi connectivity index (χ1) is 9.58. The van der Waals surface area contributed by atoms with Crippen LogP contribution < -0.4 is 0 Å². The Hall–Kier alpha value is -1.49. The molecule has 0 saturated heterocycles. The van der Waals surface area contributed by atoms with Crippen molar-refractivity contribution >= 4 is 22.2 Å². The Balaban J connectivity index is 2.42. The lowest BCUT2D eigenvalue weighted by atomic mass is 10.1.